The molecule has 0 radical (unpaired) electrons. The molecule has 0 unspecified atom stereocenters. The molecule has 0 fully saturated rings. The first-order valence-electron chi connectivity index (χ1n) is 6.66. The molecule has 4 nitrogen and oxygen atoms in total. The van der Waals surface area contributed by atoms with Gasteiger partial charge in [-0.1, -0.05) is 19.1 Å². The Kier molecular flexibility index (Phi) is 5.99. The monoisotopic (exact) mass is 264 g/mol. The maximum Gasteiger partial charge on any atom is 0.256 e. The van der Waals surface area contributed by atoms with Gasteiger partial charge in [0.2, 0.25) is 0 Å². The molecule has 1 aromatic rings. The molecule has 19 heavy (non-hydrogen) atoms. The number of methoxy groups -OCH3 is 1. The topological polar surface area (TPSA) is 50.4 Å². The van der Waals surface area contributed by atoms with E-state index in [2.05, 4.69) is 17.6 Å². The van der Waals surface area contributed by atoms with E-state index in [1.807, 2.05) is 24.3 Å². The molecule has 1 amide bonds. The minimum absolute atomic E-state index is 0.146. The van der Waals surface area contributed by atoms with Gasteiger partial charge in [-0.25, -0.2) is 0 Å². The summed E-state index contributed by atoms with van der Waals surface area (Å²) in [4.78, 5) is 11.9. The maximum atomic E-state index is 11.9. The summed E-state index contributed by atoms with van der Waals surface area (Å²) in [6.45, 7) is 7.49. The Balaban J connectivity index is 2.55. The fourth-order valence-electron chi connectivity index (χ4n) is 1.49. The number of nitrogens with one attached hydrogen (secondary N) is 2. The van der Waals surface area contributed by atoms with Gasteiger partial charge in [0.15, 0.2) is 0 Å². The molecule has 0 heterocycles. The lowest BCUT2D eigenvalue weighted by Crippen LogP contribution is -2.38. The van der Waals surface area contributed by atoms with E-state index >= 15 is 0 Å². The zero-order valence-electron chi connectivity index (χ0n) is 12.2. The number of amides is 1. The number of ether oxygens (including phenoxy) is 1. The smallest absolute Gasteiger partial charge is 0.256 e. The molecule has 0 aromatic heterocycles. The summed E-state index contributed by atoms with van der Waals surface area (Å²) in [5.74, 6) is -0.146. The Morgan fingerprint density at radius 3 is 2.42 bits per heavy atom. The van der Waals surface area contributed by atoms with Crippen molar-refractivity contribution >= 4 is 11.6 Å². The molecule has 2 N–H and O–H groups in total. The van der Waals surface area contributed by atoms with Crippen LogP contribution in [0.15, 0.2) is 24.3 Å². The van der Waals surface area contributed by atoms with Gasteiger partial charge in [-0.3, -0.25) is 4.79 Å². The Bertz CT molecular complexity index is 399. The third-order valence-corrected chi connectivity index (χ3v) is 3.02. The van der Waals surface area contributed by atoms with E-state index in [1.165, 1.54) is 12.7 Å². The zero-order valence-corrected chi connectivity index (χ0v) is 12.2. The molecular weight excluding hydrogens is 240 g/mol. The van der Waals surface area contributed by atoms with E-state index in [1.54, 1.807) is 13.8 Å². The summed E-state index contributed by atoms with van der Waals surface area (Å²) in [6.07, 6.45) is 1.13. The van der Waals surface area contributed by atoms with E-state index in [-0.39, 0.29) is 5.91 Å². The van der Waals surface area contributed by atoms with Crippen LogP contribution in [-0.2, 0) is 16.1 Å². The van der Waals surface area contributed by atoms with Crippen molar-refractivity contribution in [2.75, 3.05) is 19.0 Å². The minimum Gasteiger partial charge on any atom is -0.369 e. The lowest BCUT2D eigenvalue weighted by molar-refractivity contribution is -0.133. The van der Waals surface area contributed by atoms with Gasteiger partial charge >= 0.3 is 0 Å². The van der Waals surface area contributed by atoms with Crippen LogP contribution in [0.25, 0.3) is 0 Å². The normalized spacial score (nSPS) is 11.4. The van der Waals surface area contributed by atoms with E-state index in [9.17, 15) is 4.79 Å². The summed E-state index contributed by atoms with van der Waals surface area (Å²) in [6, 6.07) is 7.84. The van der Waals surface area contributed by atoms with Crippen molar-refractivity contribution in [1.82, 2.24) is 5.32 Å². The van der Waals surface area contributed by atoms with Crippen molar-refractivity contribution in [3.05, 3.63) is 29.8 Å². The summed E-state index contributed by atoms with van der Waals surface area (Å²) in [7, 11) is 1.53. The van der Waals surface area contributed by atoms with Crippen LogP contribution in [-0.4, -0.2) is 25.2 Å². The van der Waals surface area contributed by atoms with Crippen LogP contribution >= 0.6 is 0 Å². The van der Waals surface area contributed by atoms with Crippen LogP contribution in [0.2, 0.25) is 0 Å². The minimum atomic E-state index is -0.818. The lowest BCUT2D eigenvalue weighted by Gasteiger charge is -2.21. The van der Waals surface area contributed by atoms with Gasteiger partial charge in [-0.05, 0) is 44.5 Å². The van der Waals surface area contributed by atoms with Gasteiger partial charge in [0, 0.05) is 19.3 Å². The van der Waals surface area contributed by atoms with Gasteiger partial charge < -0.3 is 15.4 Å². The molecule has 1 aromatic carbocycles. The molecule has 0 aliphatic heterocycles. The zero-order chi connectivity index (χ0) is 14.3. The van der Waals surface area contributed by atoms with Crippen LogP contribution < -0.4 is 10.6 Å². The first-order chi connectivity index (χ1) is 8.99. The number of hydrogen-bond acceptors (Lipinski definition) is 3. The van der Waals surface area contributed by atoms with Gasteiger partial charge in [0.1, 0.15) is 5.60 Å². The third kappa shape index (κ3) is 5.01. The molecule has 4 heteroatoms. The van der Waals surface area contributed by atoms with Crippen molar-refractivity contribution in [2.24, 2.45) is 0 Å². The van der Waals surface area contributed by atoms with Crippen LogP contribution in [0.1, 0.15) is 32.8 Å². The van der Waals surface area contributed by atoms with Gasteiger partial charge in [0.05, 0.1) is 0 Å². The number of carbonyl (C=O) groups is 1. The van der Waals surface area contributed by atoms with Crippen molar-refractivity contribution in [2.45, 2.75) is 39.3 Å². The predicted octanol–water partition coefficient (Wildman–Crippen LogP) is 2.55. The second-order valence-corrected chi connectivity index (χ2v) is 5.04. The molecule has 0 saturated heterocycles. The Hall–Kier alpha value is -1.39. The first kappa shape index (κ1) is 15.7. The summed E-state index contributed by atoms with van der Waals surface area (Å²) < 4.78 is 5.14. The van der Waals surface area contributed by atoms with E-state index < -0.39 is 5.60 Å². The molecule has 0 spiro atoms. The highest BCUT2D eigenvalue weighted by atomic mass is 16.5. The van der Waals surface area contributed by atoms with Crippen LogP contribution in [0.5, 0.6) is 0 Å². The molecular formula is C15H24N2O2. The van der Waals surface area contributed by atoms with Gasteiger partial charge in [-0.15, -0.1) is 0 Å². The summed E-state index contributed by atoms with van der Waals surface area (Å²) in [5, 5.41) is 6.18. The largest absolute Gasteiger partial charge is 0.369 e. The Morgan fingerprint density at radius 2 is 1.89 bits per heavy atom. The lowest BCUT2D eigenvalue weighted by atomic mass is 10.1. The highest BCUT2D eigenvalue weighted by Gasteiger charge is 2.26. The SMILES string of the molecule is CCCNCc1ccc(NC(=O)C(C)(C)OC)cc1. The second-order valence-electron chi connectivity index (χ2n) is 5.04. The Labute approximate surface area is 115 Å². The average molecular weight is 264 g/mol. The van der Waals surface area contributed by atoms with E-state index in [0.29, 0.717) is 0 Å². The molecule has 0 atom stereocenters. The van der Waals surface area contributed by atoms with E-state index in [4.69, 9.17) is 4.74 Å². The first-order valence-corrected chi connectivity index (χ1v) is 6.66. The van der Waals surface area contributed by atoms with Crippen LogP contribution in [0.4, 0.5) is 5.69 Å². The number of anilines is 1. The molecule has 1 rings (SSSR count). The molecule has 0 aliphatic rings. The fourth-order valence-corrected chi connectivity index (χ4v) is 1.49. The quantitative estimate of drug-likeness (QED) is 0.744. The van der Waals surface area contributed by atoms with Crippen molar-refractivity contribution in [3.63, 3.8) is 0 Å². The fraction of sp³-hybridized carbons (Fsp3) is 0.533. The van der Waals surface area contributed by atoms with E-state index in [0.717, 1.165) is 25.2 Å². The average Bonchev–Trinajstić information content (AvgIpc) is 2.41. The highest BCUT2D eigenvalue weighted by Crippen LogP contribution is 2.14. The third-order valence-electron chi connectivity index (χ3n) is 3.02. The number of hydrogen-bond donors (Lipinski definition) is 2. The number of rotatable bonds is 7. The van der Waals surface area contributed by atoms with Gasteiger partial charge in [-0.2, -0.15) is 0 Å². The molecule has 0 aliphatic carbocycles. The Morgan fingerprint density at radius 1 is 1.26 bits per heavy atom. The number of carbonyl (C=O) groups excluding carboxylic acids is 1. The molecule has 0 saturated carbocycles. The van der Waals surface area contributed by atoms with Crippen LogP contribution in [0, 0.1) is 0 Å². The predicted molar refractivity (Wildman–Crippen MR) is 78.2 cm³/mol. The maximum absolute atomic E-state index is 11.9. The van der Waals surface area contributed by atoms with Crippen LogP contribution in [0.3, 0.4) is 0 Å². The summed E-state index contributed by atoms with van der Waals surface area (Å²) in [5.41, 5.74) is 1.17. The van der Waals surface area contributed by atoms with Gasteiger partial charge in [0.25, 0.3) is 5.91 Å². The van der Waals surface area contributed by atoms with Crippen molar-refractivity contribution < 1.29 is 9.53 Å². The van der Waals surface area contributed by atoms with Crippen molar-refractivity contribution in [1.29, 1.82) is 0 Å². The van der Waals surface area contributed by atoms with Crippen molar-refractivity contribution in [3.8, 4) is 0 Å². The molecule has 106 valence electrons. The standard InChI is InChI=1S/C15H24N2O2/c1-5-10-16-11-12-6-8-13(9-7-12)17-14(18)15(2,3)19-4/h6-9,16H,5,10-11H2,1-4H3,(H,17,18). The second kappa shape index (κ2) is 7.26. The summed E-state index contributed by atoms with van der Waals surface area (Å²) >= 11 is 0. The highest BCUT2D eigenvalue weighted by molar-refractivity contribution is 5.96. The number of benzene rings is 1. The molecule has 0 bridgehead atoms.